The normalized spacial score (nSPS) is 22.0. The van der Waals surface area contributed by atoms with Crippen molar-refractivity contribution in [2.24, 2.45) is 0 Å². The van der Waals surface area contributed by atoms with Crippen LogP contribution in [0.5, 0.6) is 5.75 Å². The van der Waals surface area contributed by atoms with Crippen molar-refractivity contribution < 1.29 is 17.9 Å². The third-order valence-electron chi connectivity index (χ3n) is 3.73. The average Bonchev–Trinajstić information content (AvgIpc) is 3.07. The molecule has 1 saturated heterocycles. The zero-order valence-corrected chi connectivity index (χ0v) is 11.9. The first-order valence-corrected chi connectivity index (χ1v) is 6.90. The number of halogens is 3. The number of para-hydroxylation sites is 1. The quantitative estimate of drug-likeness (QED) is 0.914. The maximum absolute atomic E-state index is 12.5. The number of hydrogen-bond acceptors (Lipinski definition) is 4. The van der Waals surface area contributed by atoms with Crippen LogP contribution in [0.1, 0.15) is 25.6 Å². The fourth-order valence-corrected chi connectivity index (χ4v) is 2.59. The lowest BCUT2D eigenvalue weighted by atomic mass is 10.00. The summed E-state index contributed by atoms with van der Waals surface area (Å²) in [4.78, 5) is 4.35. The first-order chi connectivity index (χ1) is 10.4. The SMILES string of the molecule is C[C@]1(c2nc(-c3ccccc3OC(F)(F)F)n[nH]2)CCCN1. The van der Waals surface area contributed by atoms with E-state index in [9.17, 15) is 13.2 Å². The van der Waals surface area contributed by atoms with Gasteiger partial charge in [-0.15, -0.1) is 13.2 Å². The van der Waals surface area contributed by atoms with Crippen molar-refractivity contribution >= 4 is 0 Å². The Morgan fingerprint density at radius 3 is 2.73 bits per heavy atom. The molecule has 0 radical (unpaired) electrons. The van der Waals surface area contributed by atoms with Gasteiger partial charge in [-0.2, -0.15) is 5.10 Å². The molecule has 1 fully saturated rings. The highest BCUT2D eigenvalue weighted by molar-refractivity contribution is 5.63. The number of aromatic amines is 1. The predicted molar refractivity (Wildman–Crippen MR) is 73.1 cm³/mol. The molecule has 0 aliphatic carbocycles. The van der Waals surface area contributed by atoms with Crippen LogP contribution < -0.4 is 10.1 Å². The molecule has 118 valence electrons. The molecule has 0 spiro atoms. The minimum Gasteiger partial charge on any atom is -0.405 e. The number of H-pyrrole nitrogens is 1. The smallest absolute Gasteiger partial charge is 0.405 e. The Labute approximate surface area is 124 Å². The molecule has 2 heterocycles. The minimum atomic E-state index is -4.76. The summed E-state index contributed by atoms with van der Waals surface area (Å²) in [6.07, 6.45) is -2.85. The predicted octanol–water partition coefficient (Wildman–Crippen LogP) is 2.97. The van der Waals surface area contributed by atoms with Gasteiger partial charge in [0.25, 0.3) is 0 Å². The van der Waals surface area contributed by atoms with Gasteiger partial charge in [0.15, 0.2) is 5.82 Å². The zero-order chi connectivity index (χ0) is 15.8. The van der Waals surface area contributed by atoms with Crippen LogP contribution in [0.3, 0.4) is 0 Å². The number of benzene rings is 1. The Morgan fingerprint density at radius 2 is 2.05 bits per heavy atom. The number of rotatable bonds is 3. The van der Waals surface area contributed by atoms with Crippen LogP contribution in [0.2, 0.25) is 0 Å². The van der Waals surface area contributed by atoms with Crippen molar-refractivity contribution in [3.05, 3.63) is 30.1 Å². The monoisotopic (exact) mass is 312 g/mol. The van der Waals surface area contributed by atoms with E-state index in [-0.39, 0.29) is 22.7 Å². The molecular weight excluding hydrogens is 297 g/mol. The van der Waals surface area contributed by atoms with Gasteiger partial charge in [0.1, 0.15) is 11.6 Å². The third-order valence-corrected chi connectivity index (χ3v) is 3.73. The number of alkyl halides is 3. The van der Waals surface area contributed by atoms with Crippen LogP contribution in [0.25, 0.3) is 11.4 Å². The number of nitrogens with one attached hydrogen (secondary N) is 2. The van der Waals surface area contributed by atoms with E-state index in [4.69, 9.17) is 0 Å². The molecule has 1 aromatic carbocycles. The Balaban J connectivity index is 1.94. The van der Waals surface area contributed by atoms with Crippen molar-refractivity contribution in [2.45, 2.75) is 31.7 Å². The van der Waals surface area contributed by atoms with Gasteiger partial charge in [0.05, 0.1) is 11.1 Å². The van der Waals surface area contributed by atoms with Crippen LogP contribution in [0, 0.1) is 0 Å². The molecule has 1 aliphatic heterocycles. The molecule has 1 aliphatic rings. The van der Waals surface area contributed by atoms with Crippen LogP contribution in [-0.4, -0.2) is 28.1 Å². The van der Waals surface area contributed by atoms with Crippen molar-refractivity contribution in [1.82, 2.24) is 20.5 Å². The summed E-state index contributed by atoms with van der Waals surface area (Å²) in [6, 6.07) is 5.83. The second-order valence-electron chi connectivity index (χ2n) is 5.41. The van der Waals surface area contributed by atoms with Crippen LogP contribution >= 0.6 is 0 Å². The van der Waals surface area contributed by atoms with Crippen molar-refractivity contribution in [2.75, 3.05) is 6.54 Å². The van der Waals surface area contributed by atoms with Gasteiger partial charge in [0.2, 0.25) is 0 Å². The molecule has 8 heteroatoms. The molecule has 1 aromatic heterocycles. The molecule has 0 saturated carbocycles. The highest BCUT2D eigenvalue weighted by Gasteiger charge is 2.35. The zero-order valence-electron chi connectivity index (χ0n) is 11.9. The topological polar surface area (TPSA) is 62.8 Å². The molecule has 0 bridgehead atoms. The van der Waals surface area contributed by atoms with Crippen molar-refractivity contribution in [3.8, 4) is 17.1 Å². The fraction of sp³-hybridized carbons (Fsp3) is 0.429. The molecule has 3 rings (SSSR count). The summed E-state index contributed by atoms with van der Waals surface area (Å²) in [5, 5.41) is 10.2. The summed E-state index contributed by atoms with van der Waals surface area (Å²) in [7, 11) is 0. The highest BCUT2D eigenvalue weighted by atomic mass is 19.4. The second-order valence-corrected chi connectivity index (χ2v) is 5.41. The maximum atomic E-state index is 12.5. The van der Waals surface area contributed by atoms with Crippen LogP contribution in [0.15, 0.2) is 24.3 Å². The van der Waals surface area contributed by atoms with Gasteiger partial charge in [-0.1, -0.05) is 12.1 Å². The summed E-state index contributed by atoms with van der Waals surface area (Å²) < 4.78 is 41.4. The number of hydrogen-bond donors (Lipinski definition) is 2. The lowest BCUT2D eigenvalue weighted by molar-refractivity contribution is -0.274. The summed E-state index contributed by atoms with van der Waals surface area (Å²) >= 11 is 0. The van der Waals surface area contributed by atoms with Crippen LogP contribution in [0.4, 0.5) is 13.2 Å². The number of ether oxygens (including phenoxy) is 1. The van der Waals surface area contributed by atoms with E-state index < -0.39 is 6.36 Å². The second kappa shape index (κ2) is 5.28. The Kier molecular flexibility index (Phi) is 3.56. The third kappa shape index (κ3) is 2.92. The minimum absolute atomic E-state index is 0.185. The first kappa shape index (κ1) is 14.8. The lowest BCUT2D eigenvalue weighted by Crippen LogP contribution is -2.34. The molecule has 5 nitrogen and oxygen atoms in total. The van der Waals surface area contributed by atoms with E-state index in [2.05, 4.69) is 25.2 Å². The van der Waals surface area contributed by atoms with E-state index in [1.165, 1.54) is 18.2 Å². The Bertz CT molecular complexity index is 662. The first-order valence-electron chi connectivity index (χ1n) is 6.90. The Hall–Kier alpha value is -2.09. The van der Waals surface area contributed by atoms with E-state index in [0.29, 0.717) is 5.82 Å². The molecular formula is C14H15F3N4O. The Morgan fingerprint density at radius 1 is 1.27 bits per heavy atom. The summed E-state index contributed by atoms with van der Waals surface area (Å²) in [5.41, 5.74) is -0.130. The van der Waals surface area contributed by atoms with Crippen molar-refractivity contribution in [1.29, 1.82) is 0 Å². The van der Waals surface area contributed by atoms with Gasteiger partial charge >= 0.3 is 6.36 Å². The van der Waals surface area contributed by atoms with E-state index >= 15 is 0 Å². The average molecular weight is 312 g/mol. The van der Waals surface area contributed by atoms with E-state index in [1.807, 2.05) is 6.92 Å². The number of aromatic nitrogens is 3. The molecule has 22 heavy (non-hydrogen) atoms. The van der Waals surface area contributed by atoms with Gasteiger partial charge in [-0.3, -0.25) is 5.10 Å². The summed E-state index contributed by atoms with van der Waals surface area (Å²) in [6.45, 7) is 2.86. The fourth-order valence-electron chi connectivity index (χ4n) is 2.59. The van der Waals surface area contributed by atoms with Gasteiger partial charge in [-0.25, -0.2) is 4.98 Å². The molecule has 0 unspecified atom stereocenters. The maximum Gasteiger partial charge on any atom is 0.573 e. The van der Waals surface area contributed by atoms with E-state index in [1.54, 1.807) is 6.07 Å². The molecule has 2 N–H and O–H groups in total. The largest absolute Gasteiger partial charge is 0.573 e. The van der Waals surface area contributed by atoms with Crippen LogP contribution in [-0.2, 0) is 5.54 Å². The van der Waals surface area contributed by atoms with Crippen molar-refractivity contribution in [3.63, 3.8) is 0 Å². The van der Waals surface area contributed by atoms with Gasteiger partial charge in [0, 0.05) is 0 Å². The molecule has 2 aromatic rings. The molecule has 0 amide bonds. The van der Waals surface area contributed by atoms with E-state index in [0.717, 1.165) is 19.4 Å². The van der Waals surface area contributed by atoms with Gasteiger partial charge in [-0.05, 0) is 38.4 Å². The standard InChI is InChI=1S/C14H15F3N4O/c1-13(7-4-8-18-13)12-19-11(20-21-12)9-5-2-3-6-10(9)22-14(15,16)17/h2-3,5-6,18H,4,7-8H2,1H3,(H,19,20,21)/t13-/m1/s1. The summed E-state index contributed by atoms with van der Waals surface area (Å²) in [5.74, 6) is 0.483. The number of nitrogens with zero attached hydrogens (tertiary/aromatic N) is 2. The molecule has 1 atom stereocenters. The highest BCUT2D eigenvalue weighted by Crippen LogP contribution is 2.34. The van der Waals surface area contributed by atoms with Gasteiger partial charge < -0.3 is 10.1 Å². The lowest BCUT2D eigenvalue weighted by Gasteiger charge is -2.20.